The van der Waals surface area contributed by atoms with Gasteiger partial charge in [0.2, 0.25) is 0 Å². The summed E-state index contributed by atoms with van der Waals surface area (Å²) in [6.45, 7) is 8.87. The minimum Gasteiger partial charge on any atom is -0.414 e. The van der Waals surface area contributed by atoms with E-state index in [0.717, 1.165) is 19.3 Å². The molecule has 0 radical (unpaired) electrons. The van der Waals surface area contributed by atoms with Crippen LogP contribution in [-0.4, -0.2) is 14.4 Å². The summed E-state index contributed by atoms with van der Waals surface area (Å²) in [6, 6.07) is 0. The Bertz CT molecular complexity index is 361. The maximum absolute atomic E-state index is 6.06. The summed E-state index contributed by atoms with van der Waals surface area (Å²) in [5, 5.41) is 0. The smallest absolute Gasteiger partial charge is 0.414 e. The minimum atomic E-state index is -1.40. The van der Waals surface area contributed by atoms with E-state index in [4.69, 9.17) is 4.43 Å². The predicted molar refractivity (Wildman–Crippen MR) is 95.1 cm³/mol. The number of hydrogen-bond acceptors (Lipinski definition) is 1. The van der Waals surface area contributed by atoms with Crippen LogP contribution in [0.4, 0.5) is 0 Å². The Balaban J connectivity index is -0.000000349. The van der Waals surface area contributed by atoms with Gasteiger partial charge in [-0.3, -0.25) is 12.2 Å². The van der Waals surface area contributed by atoms with Crippen LogP contribution in [-0.2, 0) is 30.6 Å². The van der Waals surface area contributed by atoms with Crippen LogP contribution in [0.3, 0.4) is 0 Å². The van der Waals surface area contributed by atoms with Crippen LogP contribution < -0.4 is 0 Å². The zero-order valence-corrected chi connectivity index (χ0v) is 18.4. The molecule has 0 heterocycles. The van der Waals surface area contributed by atoms with Gasteiger partial charge in [0, 0.05) is 6.10 Å². The third-order valence-corrected chi connectivity index (χ3v) is 3.51. The quantitative estimate of drug-likeness (QED) is 0.431. The van der Waals surface area contributed by atoms with Crippen molar-refractivity contribution in [1.82, 2.24) is 0 Å². The zero-order valence-electron chi connectivity index (χ0n) is 13.3. The summed E-state index contributed by atoms with van der Waals surface area (Å²) in [5.74, 6) is 0. The third-order valence-electron chi connectivity index (χ3n) is 2.52. The molecule has 1 atom stereocenters. The molecule has 2 rings (SSSR count). The van der Waals surface area contributed by atoms with Crippen LogP contribution in [0, 0.1) is 12.2 Å². The van der Waals surface area contributed by atoms with Gasteiger partial charge in [-0.15, -0.1) is 37.7 Å². The van der Waals surface area contributed by atoms with Crippen molar-refractivity contribution < 1.29 is 30.6 Å². The fourth-order valence-corrected chi connectivity index (χ4v) is 2.92. The van der Waals surface area contributed by atoms with Crippen LogP contribution in [0.15, 0.2) is 36.0 Å². The van der Waals surface area contributed by atoms with Gasteiger partial charge in [0.15, 0.2) is 8.32 Å². The van der Waals surface area contributed by atoms with E-state index in [1.165, 1.54) is 5.57 Å². The average molecular weight is 425 g/mol. The summed E-state index contributed by atoms with van der Waals surface area (Å²) in [6.07, 6.45) is 19.9. The molecular weight excluding hydrogens is 398 g/mol. The summed E-state index contributed by atoms with van der Waals surface area (Å²) in [4.78, 5) is 0. The van der Waals surface area contributed by atoms with Crippen LogP contribution in [0.5, 0.6) is 0 Å². The Hall–Kier alpha value is 0.600. The molecule has 0 aromatic heterocycles. The Morgan fingerprint density at radius 3 is 2.14 bits per heavy atom. The first-order valence-corrected chi connectivity index (χ1v) is 10.1. The Morgan fingerprint density at radius 2 is 1.86 bits per heavy atom. The summed E-state index contributed by atoms with van der Waals surface area (Å²) in [5.41, 5.74) is 1.25. The SMILES string of the molecule is CCC(O[Si](C)(C)C)C1=[C-]CC=C1.Cl.Cl.[C-]1=CC=CC1.[Zr+2]. The molecule has 0 saturated heterocycles. The van der Waals surface area contributed by atoms with Crippen molar-refractivity contribution in [3.63, 3.8) is 0 Å². The monoisotopic (exact) mass is 422 g/mol. The molecule has 0 aliphatic heterocycles. The molecule has 0 aromatic rings. The number of allylic oxidation sites excluding steroid dienone is 6. The molecule has 0 amide bonds. The second kappa shape index (κ2) is 14.2. The van der Waals surface area contributed by atoms with Crippen molar-refractivity contribution in [2.75, 3.05) is 0 Å². The maximum Gasteiger partial charge on any atom is 2.00 e. The largest absolute Gasteiger partial charge is 2.00 e. The normalized spacial score (nSPS) is 15.9. The van der Waals surface area contributed by atoms with Crippen molar-refractivity contribution in [3.8, 4) is 0 Å². The van der Waals surface area contributed by atoms with E-state index >= 15 is 0 Å². The summed E-state index contributed by atoms with van der Waals surface area (Å²) >= 11 is 0. The van der Waals surface area contributed by atoms with E-state index in [9.17, 15) is 0 Å². The molecule has 0 saturated carbocycles. The van der Waals surface area contributed by atoms with Gasteiger partial charge < -0.3 is 4.43 Å². The summed E-state index contributed by atoms with van der Waals surface area (Å²) < 4.78 is 6.06. The van der Waals surface area contributed by atoms with E-state index in [2.05, 4.69) is 56.9 Å². The van der Waals surface area contributed by atoms with Crippen molar-refractivity contribution >= 4 is 33.1 Å². The molecule has 0 fully saturated rings. The van der Waals surface area contributed by atoms with Crippen molar-refractivity contribution in [1.29, 1.82) is 0 Å². The third kappa shape index (κ3) is 12.8. The van der Waals surface area contributed by atoms with Crippen molar-refractivity contribution in [2.45, 2.75) is 51.9 Å². The van der Waals surface area contributed by atoms with Crippen LogP contribution in [0.1, 0.15) is 26.2 Å². The van der Waals surface area contributed by atoms with E-state index in [1.54, 1.807) is 0 Å². The zero-order chi connectivity index (χ0) is 13.4. The fourth-order valence-electron chi connectivity index (χ4n) is 1.78. The predicted octanol–water partition coefficient (Wildman–Crippen LogP) is 5.45. The maximum atomic E-state index is 6.06. The first kappa shape index (κ1) is 26.5. The first-order chi connectivity index (χ1) is 8.53. The van der Waals surface area contributed by atoms with Gasteiger partial charge in [-0.05, 0) is 26.1 Å². The minimum absolute atomic E-state index is 0. The Morgan fingerprint density at radius 1 is 1.19 bits per heavy atom. The van der Waals surface area contributed by atoms with E-state index < -0.39 is 8.32 Å². The van der Waals surface area contributed by atoms with E-state index in [0.29, 0.717) is 0 Å². The van der Waals surface area contributed by atoms with Gasteiger partial charge in [0.05, 0.1) is 0 Å². The molecule has 5 heteroatoms. The van der Waals surface area contributed by atoms with Gasteiger partial charge in [-0.2, -0.15) is 17.7 Å². The van der Waals surface area contributed by atoms with Crippen LogP contribution in [0.2, 0.25) is 19.6 Å². The van der Waals surface area contributed by atoms with Crippen LogP contribution >= 0.6 is 24.8 Å². The standard InChI is InChI=1S/C11H19OSi.C5H5.2ClH.Zr/c1-5-11(12-13(2,3)4)10-8-6-7-9-10;1-2-4-5-3-1;;;/h6,8,11H,5,7H2,1-4H3;1-3H,4H2;2*1H;/q2*-1;;;+2. The van der Waals surface area contributed by atoms with Crippen molar-refractivity contribution in [3.05, 3.63) is 48.1 Å². The molecule has 118 valence electrons. The van der Waals surface area contributed by atoms with Gasteiger partial charge in [0.1, 0.15) is 0 Å². The molecule has 0 aromatic carbocycles. The molecule has 21 heavy (non-hydrogen) atoms. The molecule has 0 spiro atoms. The topological polar surface area (TPSA) is 9.23 Å². The average Bonchev–Trinajstić information content (AvgIpc) is 2.99. The number of halogens is 2. The molecule has 1 unspecified atom stereocenters. The van der Waals surface area contributed by atoms with Crippen molar-refractivity contribution in [2.24, 2.45) is 0 Å². The number of rotatable bonds is 4. The van der Waals surface area contributed by atoms with Gasteiger partial charge in [0.25, 0.3) is 0 Å². The molecular formula is C16H26Cl2OSiZr. The Labute approximate surface area is 163 Å². The molecule has 2 aliphatic rings. The van der Waals surface area contributed by atoms with E-state index in [-0.39, 0.29) is 57.1 Å². The Kier molecular flexibility index (Phi) is 17.9. The van der Waals surface area contributed by atoms with Gasteiger partial charge >= 0.3 is 26.2 Å². The fraction of sp³-hybridized carbons (Fsp3) is 0.500. The molecule has 0 bridgehead atoms. The second-order valence-corrected chi connectivity index (χ2v) is 9.83. The molecule has 1 nitrogen and oxygen atoms in total. The molecule has 2 aliphatic carbocycles. The number of hydrogen-bond donors (Lipinski definition) is 0. The van der Waals surface area contributed by atoms with E-state index in [1.807, 2.05) is 12.2 Å². The second-order valence-electron chi connectivity index (χ2n) is 5.37. The van der Waals surface area contributed by atoms with Gasteiger partial charge in [-0.25, -0.2) is 18.2 Å². The van der Waals surface area contributed by atoms with Gasteiger partial charge in [-0.1, -0.05) is 6.92 Å². The molecule has 0 N–H and O–H groups in total. The first-order valence-electron chi connectivity index (χ1n) is 6.69. The summed E-state index contributed by atoms with van der Waals surface area (Å²) in [7, 11) is -1.40. The van der Waals surface area contributed by atoms with Crippen LogP contribution in [0.25, 0.3) is 0 Å².